The number of unbranched alkanes of at least 4 members (excludes halogenated alkanes) is 2. The summed E-state index contributed by atoms with van der Waals surface area (Å²) in [4.78, 5) is 50.2. The van der Waals surface area contributed by atoms with Crippen molar-refractivity contribution in [3.05, 3.63) is 106 Å². The second-order valence-corrected chi connectivity index (χ2v) is 15.7. The van der Waals surface area contributed by atoms with Gasteiger partial charge in [-0.25, -0.2) is 4.79 Å². The Morgan fingerprint density at radius 2 is 1.48 bits per heavy atom. The minimum Gasteiger partial charge on any atom is -0.492 e. The van der Waals surface area contributed by atoms with Crippen molar-refractivity contribution in [2.24, 2.45) is 7.05 Å². The Balaban J connectivity index is 1.31. The molecule has 0 radical (unpaired) electrons. The maximum absolute atomic E-state index is 14.9. The van der Waals surface area contributed by atoms with Crippen molar-refractivity contribution >= 4 is 17.9 Å². The Labute approximate surface area is 333 Å². The molecular weight excluding hydrogens is 703 g/mol. The van der Waals surface area contributed by atoms with Gasteiger partial charge in [-0.15, -0.1) is 0 Å². The SMILES string of the molecule is CCCCN(CCCC)C(=O)c1cc(-c2cc3c(cc2C(=O)N2Cc4ccccc4C[C@H]2C)CN(C(=O)Oc2ccc(OCCN(C)C)cc2)CC3)n(C)c1C. The Morgan fingerprint density at radius 3 is 2.16 bits per heavy atom. The fourth-order valence-corrected chi connectivity index (χ4v) is 7.73. The van der Waals surface area contributed by atoms with E-state index in [0.29, 0.717) is 55.3 Å². The van der Waals surface area contributed by atoms with Gasteiger partial charge in [-0.1, -0.05) is 51.0 Å². The number of nitrogens with zero attached hydrogens (tertiary/aromatic N) is 5. The van der Waals surface area contributed by atoms with Gasteiger partial charge in [0.05, 0.1) is 5.56 Å². The molecule has 6 rings (SSSR count). The highest BCUT2D eigenvalue weighted by Crippen LogP contribution is 2.36. The first-order valence-corrected chi connectivity index (χ1v) is 20.3. The minimum atomic E-state index is -0.438. The Hall–Kier alpha value is -5.09. The smallest absolute Gasteiger partial charge is 0.415 e. The molecule has 0 fully saturated rings. The van der Waals surface area contributed by atoms with Crippen LogP contribution in [0.3, 0.4) is 0 Å². The lowest BCUT2D eigenvalue weighted by atomic mass is 9.90. The largest absolute Gasteiger partial charge is 0.492 e. The zero-order chi connectivity index (χ0) is 39.9. The summed E-state index contributed by atoms with van der Waals surface area (Å²) in [7, 11) is 5.98. The van der Waals surface area contributed by atoms with E-state index in [1.54, 1.807) is 29.2 Å². The highest BCUT2D eigenvalue weighted by molar-refractivity contribution is 6.03. The fourth-order valence-electron chi connectivity index (χ4n) is 7.73. The van der Waals surface area contributed by atoms with Crippen molar-refractivity contribution in [1.82, 2.24) is 24.2 Å². The van der Waals surface area contributed by atoms with Crippen LogP contribution in [0.1, 0.15) is 95.1 Å². The summed E-state index contributed by atoms with van der Waals surface area (Å²) in [6, 6.07) is 21.5. The van der Waals surface area contributed by atoms with Gasteiger partial charge in [0.1, 0.15) is 18.1 Å². The van der Waals surface area contributed by atoms with Crippen LogP contribution >= 0.6 is 0 Å². The lowest BCUT2D eigenvalue weighted by Crippen LogP contribution is -2.43. The highest BCUT2D eigenvalue weighted by atomic mass is 16.6. The number of likely N-dealkylation sites (N-methyl/N-ethyl adjacent to an activating group) is 1. The number of hydrogen-bond acceptors (Lipinski definition) is 6. The number of rotatable bonds is 14. The van der Waals surface area contributed by atoms with Gasteiger partial charge in [-0.2, -0.15) is 0 Å². The predicted octanol–water partition coefficient (Wildman–Crippen LogP) is 8.13. The van der Waals surface area contributed by atoms with Gasteiger partial charge in [-0.05, 0) is 118 Å². The second kappa shape index (κ2) is 18.2. The van der Waals surface area contributed by atoms with Crippen LogP contribution in [0.15, 0.2) is 66.7 Å². The van der Waals surface area contributed by atoms with E-state index in [1.807, 2.05) is 56.1 Å². The molecule has 0 aliphatic carbocycles. The van der Waals surface area contributed by atoms with Crippen molar-refractivity contribution in [1.29, 1.82) is 0 Å². The third kappa shape index (κ3) is 9.13. The van der Waals surface area contributed by atoms with Crippen LogP contribution in [0.4, 0.5) is 4.79 Å². The molecule has 0 spiro atoms. The first kappa shape index (κ1) is 40.6. The molecule has 3 heterocycles. The summed E-state index contributed by atoms with van der Waals surface area (Å²) in [5.74, 6) is 1.14. The summed E-state index contributed by atoms with van der Waals surface area (Å²) in [5.41, 5.74) is 8.19. The van der Waals surface area contributed by atoms with Gasteiger partial charge in [0.2, 0.25) is 0 Å². The molecule has 0 saturated carbocycles. The van der Waals surface area contributed by atoms with E-state index in [-0.39, 0.29) is 17.9 Å². The van der Waals surface area contributed by atoms with E-state index in [1.165, 1.54) is 5.56 Å². The molecule has 3 aromatic carbocycles. The van der Waals surface area contributed by atoms with Crippen molar-refractivity contribution in [2.75, 3.05) is 46.9 Å². The second-order valence-electron chi connectivity index (χ2n) is 15.7. The molecule has 0 saturated heterocycles. The van der Waals surface area contributed by atoms with Gasteiger partial charge in [-0.3, -0.25) is 9.59 Å². The predicted molar refractivity (Wildman–Crippen MR) is 221 cm³/mol. The molecule has 298 valence electrons. The molecule has 10 nitrogen and oxygen atoms in total. The van der Waals surface area contributed by atoms with Gasteiger partial charge in [0.15, 0.2) is 0 Å². The van der Waals surface area contributed by atoms with Crippen LogP contribution in [0.5, 0.6) is 11.5 Å². The summed E-state index contributed by atoms with van der Waals surface area (Å²) in [6.45, 7) is 12.5. The molecule has 0 unspecified atom stereocenters. The highest BCUT2D eigenvalue weighted by Gasteiger charge is 2.33. The number of aromatic nitrogens is 1. The number of hydrogen-bond donors (Lipinski definition) is 0. The summed E-state index contributed by atoms with van der Waals surface area (Å²) in [6.07, 6.45) is 4.89. The number of carbonyl (C=O) groups excluding carboxylic acids is 3. The Morgan fingerprint density at radius 1 is 0.804 bits per heavy atom. The normalized spacial score (nSPS) is 15.0. The average Bonchev–Trinajstić information content (AvgIpc) is 3.49. The molecule has 1 aromatic heterocycles. The zero-order valence-electron chi connectivity index (χ0n) is 34.4. The van der Waals surface area contributed by atoms with Crippen LogP contribution in [0.25, 0.3) is 11.3 Å². The van der Waals surface area contributed by atoms with Crippen LogP contribution in [0.2, 0.25) is 0 Å². The number of carbonyl (C=O) groups is 3. The molecule has 2 aliphatic rings. The molecule has 4 aromatic rings. The first-order valence-electron chi connectivity index (χ1n) is 20.3. The standard InChI is InChI=1S/C46H59N5O5/c1-8-10-21-49(22-11-9-2)44(52)40-29-43(48(7)33(40)4)41-27-35-20-23-50(46(54)56-39-18-16-38(17-19-39)55-25-24-47(5)6)30-37(35)28-42(41)45(53)51-31-36-15-13-12-14-34(36)26-32(51)3/h12-19,27-29,32H,8-11,20-26,30-31H2,1-7H3/t32-/m1/s1. The van der Waals surface area contributed by atoms with E-state index in [0.717, 1.165) is 85.4 Å². The molecule has 3 amide bonds. The maximum atomic E-state index is 14.9. The fraction of sp³-hybridized carbons (Fsp3) is 0.457. The lowest BCUT2D eigenvalue weighted by molar-refractivity contribution is 0.0658. The van der Waals surface area contributed by atoms with Crippen molar-refractivity contribution < 1.29 is 23.9 Å². The third-order valence-corrected chi connectivity index (χ3v) is 11.3. The summed E-state index contributed by atoms with van der Waals surface area (Å²) >= 11 is 0. The Kier molecular flexibility index (Phi) is 13.2. The monoisotopic (exact) mass is 761 g/mol. The van der Waals surface area contributed by atoms with Crippen molar-refractivity contribution in [3.63, 3.8) is 0 Å². The van der Waals surface area contributed by atoms with Crippen LogP contribution < -0.4 is 9.47 Å². The van der Waals surface area contributed by atoms with Crippen molar-refractivity contribution in [3.8, 4) is 22.8 Å². The third-order valence-electron chi connectivity index (χ3n) is 11.3. The van der Waals surface area contributed by atoms with Gasteiger partial charge in [0.25, 0.3) is 11.8 Å². The minimum absolute atomic E-state index is 0.00416. The van der Waals surface area contributed by atoms with Crippen LogP contribution in [0, 0.1) is 6.92 Å². The average molecular weight is 762 g/mol. The van der Waals surface area contributed by atoms with Crippen molar-refractivity contribution in [2.45, 2.75) is 85.4 Å². The lowest BCUT2D eigenvalue weighted by Gasteiger charge is -2.36. The first-order chi connectivity index (χ1) is 27.0. The maximum Gasteiger partial charge on any atom is 0.415 e. The van der Waals surface area contributed by atoms with Gasteiger partial charge in [0, 0.05) is 74.9 Å². The number of fused-ring (bicyclic) bond motifs is 2. The topological polar surface area (TPSA) is 87.6 Å². The molecule has 56 heavy (non-hydrogen) atoms. The molecule has 10 heteroatoms. The molecular formula is C46H59N5O5. The Bertz CT molecular complexity index is 2010. The zero-order valence-corrected chi connectivity index (χ0v) is 34.4. The van der Waals surface area contributed by atoms with Crippen LogP contribution in [-0.2, 0) is 33.0 Å². The summed E-state index contributed by atoms with van der Waals surface area (Å²) in [5, 5.41) is 0. The molecule has 0 bridgehead atoms. The quantitative estimate of drug-likeness (QED) is 0.129. The van der Waals surface area contributed by atoms with E-state index in [2.05, 4.69) is 54.5 Å². The number of ether oxygens (including phenoxy) is 2. The molecule has 0 N–H and O–H groups in total. The molecule has 1 atom stereocenters. The van der Waals surface area contributed by atoms with E-state index in [9.17, 15) is 14.4 Å². The number of amides is 3. The molecule has 2 aliphatic heterocycles. The number of benzene rings is 3. The van der Waals surface area contributed by atoms with E-state index in [4.69, 9.17) is 9.47 Å². The van der Waals surface area contributed by atoms with E-state index >= 15 is 0 Å². The van der Waals surface area contributed by atoms with E-state index < -0.39 is 6.09 Å². The van der Waals surface area contributed by atoms with Crippen LogP contribution in [-0.4, -0.2) is 95.0 Å². The van der Waals surface area contributed by atoms with Gasteiger partial charge < -0.3 is 33.6 Å². The van der Waals surface area contributed by atoms with Gasteiger partial charge >= 0.3 is 6.09 Å². The summed E-state index contributed by atoms with van der Waals surface area (Å²) < 4.78 is 13.7.